The average Bonchev–Trinajstić information content (AvgIpc) is 2.58. The van der Waals surface area contributed by atoms with Gasteiger partial charge in [0.2, 0.25) is 5.91 Å². The maximum Gasteiger partial charge on any atom is 0.243 e. The normalized spacial score (nSPS) is 12.5. The zero-order valence-corrected chi connectivity index (χ0v) is 17.0. The quantitative estimate of drug-likeness (QED) is 0.511. The Labute approximate surface area is 157 Å². The summed E-state index contributed by atoms with van der Waals surface area (Å²) >= 11 is 0. The second-order valence-electron chi connectivity index (χ2n) is 7.17. The number of para-hydroxylation sites is 1. The standard InChI is InChI=1S/C21H33N3O2/c1-7-19(22)20(17(6)25)21(26)24(18-11-9-8-10-12-18)14-13-23(15(2)3)16(4)5/h8-12,15-16,20,22H,7,13-14H2,1-6H3. The highest BCUT2D eigenvalue weighted by Gasteiger charge is 2.32. The van der Waals surface area contributed by atoms with Crippen LogP contribution in [0.2, 0.25) is 0 Å². The summed E-state index contributed by atoms with van der Waals surface area (Å²) in [6.45, 7) is 12.9. The van der Waals surface area contributed by atoms with E-state index in [1.54, 1.807) is 11.8 Å². The molecule has 0 bridgehead atoms. The van der Waals surface area contributed by atoms with Gasteiger partial charge in [0, 0.05) is 36.6 Å². The summed E-state index contributed by atoms with van der Waals surface area (Å²) in [7, 11) is 0. The fourth-order valence-electron chi connectivity index (χ4n) is 3.23. The van der Waals surface area contributed by atoms with Gasteiger partial charge in [0.25, 0.3) is 0 Å². The van der Waals surface area contributed by atoms with Gasteiger partial charge in [0.1, 0.15) is 11.7 Å². The van der Waals surface area contributed by atoms with Crippen LogP contribution in [0.4, 0.5) is 5.69 Å². The van der Waals surface area contributed by atoms with Crippen LogP contribution in [0.15, 0.2) is 30.3 Å². The molecule has 1 rings (SSSR count). The molecule has 0 aliphatic heterocycles. The zero-order chi connectivity index (χ0) is 19.9. The summed E-state index contributed by atoms with van der Waals surface area (Å²) in [5, 5.41) is 8.09. The molecule has 1 aromatic carbocycles. The fourth-order valence-corrected chi connectivity index (χ4v) is 3.23. The van der Waals surface area contributed by atoms with E-state index in [1.165, 1.54) is 6.92 Å². The van der Waals surface area contributed by atoms with Crippen LogP contribution >= 0.6 is 0 Å². The average molecular weight is 360 g/mol. The lowest BCUT2D eigenvalue weighted by atomic mass is 9.95. The fraction of sp³-hybridized carbons (Fsp3) is 0.571. The van der Waals surface area contributed by atoms with Gasteiger partial charge in [0.15, 0.2) is 0 Å². The van der Waals surface area contributed by atoms with Crippen LogP contribution in [0.1, 0.15) is 48.0 Å². The Bertz CT molecular complexity index is 603. The molecule has 1 unspecified atom stereocenters. The molecule has 1 aromatic rings. The summed E-state index contributed by atoms with van der Waals surface area (Å²) < 4.78 is 0. The summed E-state index contributed by atoms with van der Waals surface area (Å²) in [6, 6.07) is 10.1. The molecule has 0 saturated carbocycles. The molecule has 0 aliphatic rings. The van der Waals surface area contributed by atoms with Crippen LogP contribution in [0.3, 0.4) is 0 Å². The van der Waals surface area contributed by atoms with Crippen LogP contribution in [0, 0.1) is 11.3 Å². The van der Waals surface area contributed by atoms with Gasteiger partial charge in [0.05, 0.1) is 0 Å². The van der Waals surface area contributed by atoms with Crippen molar-refractivity contribution in [1.82, 2.24) is 4.90 Å². The van der Waals surface area contributed by atoms with Gasteiger partial charge in [-0.15, -0.1) is 0 Å². The molecule has 0 spiro atoms. The predicted molar refractivity (Wildman–Crippen MR) is 108 cm³/mol. The first-order valence-electron chi connectivity index (χ1n) is 9.40. The lowest BCUT2D eigenvalue weighted by molar-refractivity contribution is -0.128. The summed E-state index contributed by atoms with van der Waals surface area (Å²) in [4.78, 5) is 29.2. The predicted octanol–water partition coefficient (Wildman–Crippen LogP) is 3.77. The van der Waals surface area contributed by atoms with Crippen molar-refractivity contribution in [1.29, 1.82) is 5.41 Å². The molecule has 1 amide bonds. The number of carbonyl (C=O) groups excluding carboxylic acids is 2. The van der Waals surface area contributed by atoms with Crippen molar-refractivity contribution in [2.45, 2.75) is 60.0 Å². The van der Waals surface area contributed by atoms with Crippen molar-refractivity contribution < 1.29 is 9.59 Å². The van der Waals surface area contributed by atoms with E-state index in [1.807, 2.05) is 30.3 Å². The van der Waals surface area contributed by atoms with Crippen molar-refractivity contribution in [3.05, 3.63) is 30.3 Å². The van der Waals surface area contributed by atoms with Gasteiger partial charge in [-0.05, 0) is 53.2 Å². The monoisotopic (exact) mass is 359 g/mol. The van der Waals surface area contributed by atoms with Gasteiger partial charge in [-0.25, -0.2) is 0 Å². The van der Waals surface area contributed by atoms with Gasteiger partial charge in [-0.1, -0.05) is 25.1 Å². The highest BCUT2D eigenvalue weighted by atomic mass is 16.2. The van der Waals surface area contributed by atoms with Crippen LogP contribution in [-0.2, 0) is 9.59 Å². The number of benzene rings is 1. The van der Waals surface area contributed by atoms with Crippen molar-refractivity contribution >= 4 is 23.1 Å². The Morgan fingerprint density at radius 2 is 1.54 bits per heavy atom. The number of carbonyl (C=O) groups is 2. The first kappa shape index (κ1) is 22.0. The summed E-state index contributed by atoms with van der Waals surface area (Å²) in [5.41, 5.74) is 0.938. The maximum atomic E-state index is 13.2. The van der Waals surface area contributed by atoms with E-state index in [9.17, 15) is 9.59 Å². The molecule has 26 heavy (non-hydrogen) atoms. The van der Waals surface area contributed by atoms with Gasteiger partial charge < -0.3 is 10.3 Å². The van der Waals surface area contributed by atoms with E-state index in [0.717, 1.165) is 5.69 Å². The maximum absolute atomic E-state index is 13.2. The van der Waals surface area contributed by atoms with Crippen LogP contribution in [-0.4, -0.2) is 47.5 Å². The minimum Gasteiger partial charge on any atom is -0.310 e. The third kappa shape index (κ3) is 5.77. The van der Waals surface area contributed by atoms with Gasteiger partial charge >= 0.3 is 0 Å². The van der Waals surface area contributed by atoms with E-state index in [-0.39, 0.29) is 17.4 Å². The van der Waals surface area contributed by atoms with Crippen molar-refractivity contribution in [2.75, 3.05) is 18.0 Å². The Kier molecular flexibility index (Phi) is 8.66. The Balaban J connectivity index is 3.15. The van der Waals surface area contributed by atoms with E-state index in [4.69, 9.17) is 5.41 Å². The molecular weight excluding hydrogens is 326 g/mol. The molecule has 0 heterocycles. The van der Waals surface area contributed by atoms with E-state index >= 15 is 0 Å². The van der Waals surface area contributed by atoms with Gasteiger partial charge in [-0.3, -0.25) is 14.5 Å². The number of nitrogens with one attached hydrogen (secondary N) is 1. The van der Waals surface area contributed by atoms with Crippen molar-refractivity contribution in [2.24, 2.45) is 5.92 Å². The molecule has 0 aromatic heterocycles. The summed E-state index contributed by atoms with van der Waals surface area (Å²) in [6.07, 6.45) is 0.392. The second-order valence-corrected chi connectivity index (χ2v) is 7.17. The Morgan fingerprint density at radius 3 is 1.96 bits per heavy atom. The highest BCUT2D eigenvalue weighted by molar-refractivity contribution is 6.22. The number of rotatable bonds is 10. The zero-order valence-electron chi connectivity index (χ0n) is 17.0. The van der Waals surface area contributed by atoms with Crippen LogP contribution in [0.25, 0.3) is 0 Å². The highest BCUT2D eigenvalue weighted by Crippen LogP contribution is 2.19. The van der Waals surface area contributed by atoms with Crippen molar-refractivity contribution in [3.63, 3.8) is 0 Å². The third-order valence-electron chi connectivity index (χ3n) is 4.63. The van der Waals surface area contributed by atoms with E-state index < -0.39 is 5.92 Å². The summed E-state index contributed by atoms with van der Waals surface area (Å²) in [5.74, 6) is -1.57. The molecule has 1 N–H and O–H groups in total. The molecule has 1 atom stereocenters. The SMILES string of the molecule is CCC(=N)C(C(C)=O)C(=O)N(CCN(C(C)C)C(C)C)c1ccccc1. The first-order chi connectivity index (χ1) is 12.2. The minimum absolute atomic E-state index is 0.174. The van der Waals surface area contributed by atoms with Gasteiger partial charge in [-0.2, -0.15) is 0 Å². The number of ketones is 1. The van der Waals surface area contributed by atoms with Crippen molar-refractivity contribution in [3.8, 4) is 0 Å². The minimum atomic E-state index is -0.994. The number of hydrogen-bond donors (Lipinski definition) is 1. The topological polar surface area (TPSA) is 64.5 Å². The number of anilines is 1. The molecule has 144 valence electrons. The molecule has 0 saturated heterocycles. The second kappa shape index (κ2) is 10.2. The Hall–Kier alpha value is -2.01. The molecular formula is C21H33N3O2. The van der Waals surface area contributed by atoms with Crippen LogP contribution in [0.5, 0.6) is 0 Å². The number of Topliss-reactive ketones (excluding diaryl/α,β-unsaturated/α-hetero) is 1. The number of amides is 1. The number of hydrogen-bond acceptors (Lipinski definition) is 4. The molecule has 0 radical (unpaired) electrons. The lowest BCUT2D eigenvalue weighted by Crippen LogP contribution is -2.48. The lowest BCUT2D eigenvalue weighted by Gasteiger charge is -2.34. The number of nitrogens with zero attached hydrogens (tertiary/aromatic N) is 2. The molecule has 5 heteroatoms. The third-order valence-corrected chi connectivity index (χ3v) is 4.63. The largest absolute Gasteiger partial charge is 0.310 e. The van der Waals surface area contributed by atoms with Crippen LogP contribution < -0.4 is 4.90 Å². The smallest absolute Gasteiger partial charge is 0.243 e. The molecule has 0 fully saturated rings. The van der Waals surface area contributed by atoms with E-state index in [2.05, 4.69) is 32.6 Å². The molecule has 0 aliphatic carbocycles. The Morgan fingerprint density at radius 1 is 1.00 bits per heavy atom. The first-order valence-corrected chi connectivity index (χ1v) is 9.40. The van der Waals surface area contributed by atoms with E-state index in [0.29, 0.717) is 31.6 Å². The molecule has 5 nitrogen and oxygen atoms in total.